The van der Waals surface area contributed by atoms with Crippen LogP contribution < -0.4 is 4.74 Å². The van der Waals surface area contributed by atoms with Crippen LogP contribution in [0, 0.1) is 5.92 Å². The van der Waals surface area contributed by atoms with Crippen LogP contribution in [0.3, 0.4) is 0 Å². The number of rotatable bonds is 6. The highest BCUT2D eigenvalue weighted by molar-refractivity contribution is 14.1. The Morgan fingerprint density at radius 3 is 2.23 bits per heavy atom. The third-order valence-corrected chi connectivity index (χ3v) is 6.46. The van der Waals surface area contributed by atoms with Crippen LogP contribution in [-0.2, 0) is 9.72 Å². The van der Waals surface area contributed by atoms with E-state index in [4.69, 9.17) is 16.3 Å². The molecule has 3 rings (SSSR count). The van der Waals surface area contributed by atoms with Gasteiger partial charge in [-0.25, -0.2) is 9.67 Å². The summed E-state index contributed by atoms with van der Waals surface area (Å²) in [4.78, 5) is 3.85. The van der Waals surface area contributed by atoms with E-state index in [0.717, 1.165) is 6.07 Å². The molecule has 0 saturated carbocycles. The molecule has 30 heavy (non-hydrogen) atoms. The van der Waals surface area contributed by atoms with Gasteiger partial charge in [-0.2, -0.15) is 18.3 Å². The fourth-order valence-electron chi connectivity index (χ4n) is 3.00. The molecule has 1 N–H and O–H groups in total. The molecule has 0 spiro atoms. The SMILES string of the molecule is CC(C)C(O)C(I)(c1ccc(Oc2ccc(Cl)cc2)cc1C(F)(F)F)n1cncn1. The lowest BCUT2D eigenvalue weighted by Crippen LogP contribution is -2.45. The molecule has 0 aliphatic carbocycles. The van der Waals surface area contributed by atoms with Gasteiger partial charge >= 0.3 is 6.18 Å². The summed E-state index contributed by atoms with van der Waals surface area (Å²) in [5.41, 5.74) is -1.08. The average molecular weight is 552 g/mol. The van der Waals surface area contributed by atoms with Crippen molar-refractivity contribution in [1.29, 1.82) is 0 Å². The molecule has 2 aromatic carbocycles. The molecule has 160 valence electrons. The van der Waals surface area contributed by atoms with Gasteiger partial charge in [-0.15, -0.1) is 0 Å². The number of ether oxygens (including phenoxy) is 1. The smallest absolute Gasteiger partial charge is 0.416 e. The number of aromatic nitrogens is 3. The molecular weight excluding hydrogens is 534 g/mol. The molecule has 10 heteroatoms. The van der Waals surface area contributed by atoms with Crippen LogP contribution in [0.15, 0.2) is 55.1 Å². The van der Waals surface area contributed by atoms with Gasteiger partial charge < -0.3 is 9.84 Å². The third-order valence-electron chi connectivity index (χ3n) is 4.50. The summed E-state index contributed by atoms with van der Waals surface area (Å²) in [5, 5.41) is 15.4. The zero-order chi connectivity index (χ0) is 22.1. The van der Waals surface area contributed by atoms with Gasteiger partial charge in [-0.3, -0.25) is 0 Å². The topological polar surface area (TPSA) is 60.2 Å². The van der Waals surface area contributed by atoms with Crippen LogP contribution in [0.5, 0.6) is 11.5 Å². The molecule has 2 unspecified atom stereocenters. The maximum absolute atomic E-state index is 14.1. The summed E-state index contributed by atoms with van der Waals surface area (Å²) in [6.45, 7) is 3.45. The standard InChI is InChI=1S/C20H18ClF3IN3O2/c1-12(2)18(29)19(25,28-11-26-10-27-28)16-8-7-15(9-17(16)20(22,23)24)30-14-5-3-13(21)4-6-14/h3-12,18,29H,1-2H3. The molecule has 5 nitrogen and oxygen atoms in total. The van der Waals surface area contributed by atoms with Crippen LogP contribution in [0.25, 0.3) is 0 Å². The van der Waals surface area contributed by atoms with Crippen molar-refractivity contribution in [2.45, 2.75) is 29.7 Å². The van der Waals surface area contributed by atoms with Crippen molar-refractivity contribution in [2.24, 2.45) is 5.92 Å². The number of aliphatic hydroxyl groups excluding tert-OH is 1. The lowest BCUT2D eigenvalue weighted by Gasteiger charge is -2.37. The first-order valence-electron chi connectivity index (χ1n) is 8.90. The van der Waals surface area contributed by atoms with E-state index in [9.17, 15) is 18.3 Å². The van der Waals surface area contributed by atoms with Crippen LogP contribution in [0.4, 0.5) is 13.2 Å². The summed E-state index contributed by atoms with van der Waals surface area (Å²) in [5.74, 6) is 0.00135. The molecule has 0 saturated heterocycles. The second-order valence-corrected chi connectivity index (χ2v) is 9.04. The quantitative estimate of drug-likeness (QED) is 0.306. The van der Waals surface area contributed by atoms with Crippen LogP contribution in [0.1, 0.15) is 25.0 Å². The lowest BCUT2D eigenvalue weighted by molar-refractivity contribution is -0.139. The van der Waals surface area contributed by atoms with Gasteiger partial charge in [0.1, 0.15) is 24.2 Å². The normalized spacial score (nSPS) is 15.1. The van der Waals surface area contributed by atoms with Gasteiger partial charge in [0.25, 0.3) is 0 Å². The van der Waals surface area contributed by atoms with E-state index >= 15 is 0 Å². The van der Waals surface area contributed by atoms with Crippen molar-refractivity contribution < 1.29 is 23.0 Å². The highest BCUT2D eigenvalue weighted by Gasteiger charge is 2.47. The number of nitrogens with zero attached hydrogens (tertiary/aromatic N) is 3. The Morgan fingerprint density at radius 2 is 1.70 bits per heavy atom. The highest BCUT2D eigenvalue weighted by atomic mass is 127. The van der Waals surface area contributed by atoms with Gasteiger partial charge in [-0.1, -0.05) is 31.5 Å². The van der Waals surface area contributed by atoms with E-state index < -0.39 is 21.4 Å². The Labute approximate surface area is 190 Å². The minimum Gasteiger partial charge on any atom is -0.457 e. The van der Waals surface area contributed by atoms with Gasteiger partial charge in [0.2, 0.25) is 0 Å². The molecule has 0 aliphatic heterocycles. The monoisotopic (exact) mass is 551 g/mol. The first-order valence-corrected chi connectivity index (χ1v) is 10.4. The van der Waals surface area contributed by atoms with E-state index in [1.807, 2.05) is 0 Å². The Bertz CT molecular complexity index is 998. The minimum absolute atomic E-state index is 0.00442. The Hall–Kier alpha value is -1.85. The molecule has 0 aliphatic rings. The second-order valence-electron chi connectivity index (χ2n) is 6.96. The average Bonchev–Trinajstić information content (AvgIpc) is 3.23. The first-order chi connectivity index (χ1) is 14.0. The van der Waals surface area contributed by atoms with Crippen LogP contribution in [-0.4, -0.2) is 26.0 Å². The van der Waals surface area contributed by atoms with Gasteiger partial charge in [-0.05, 0) is 64.9 Å². The number of hydrogen-bond donors (Lipinski definition) is 1. The predicted octanol–water partition coefficient (Wildman–Crippen LogP) is 5.90. The number of alkyl halides is 4. The maximum Gasteiger partial charge on any atom is 0.416 e. The summed E-state index contributed by atoms with van der Waals surface area (Å²) in [7, 11) is 0. The van der Waals surface area contributed by atoms with Gasteiger partial charge in [0.15, 0.2) is 3.55 Å². The Balaban J connectivity index is 2.14. The minimum atomic E-state index is -4.69. The molecule has 1 heterocycles. The summed E-state index contributed by atoms with van der Waals surface area (Å²) in [6.07, 6.45) is -3.37. The predicted molar refractivity (Wildman–Crippen MR) is 115 cm³/mol. The molecule has 0 fully saturated rings. The molecule has 2 atom stereocenters. The lowest BCUT2D eigenvalue weighted by atomic mass is 9.90. The molecular formula is C20H18ClF3IN3O2. The number of hydrogen-bond acceptors (Lipinski definition) is 4. The van der Waals surface area contributed by atoms with Crippen LogP contribution in [0.2, 0.25) is 5.02 Å². The second kappa shape index (κ2) is 8.72. The molecule has 0 amide bonds. The maximum atomic E-state index is 14.1. The molecule has 1 aromatic heterocycles. The van der Waals surface area contributed by atoms with E-state index in [1.54, 1.807) is 60.7 Å². The van der Waals surface area contributed by atoms with Gasteiger partial charge in [0, 0.05) is 10.6 Å². The van der Waals surface area contributed by atoms with E-state index in [2.05, 4.69) is 10.1 Å². The van der Waals surface area contributed by atoms with Crippen molar-refractivity contribution in [3.8, 4) is 11.5 Å². The molecule has 3 aromatic rings. The first kappa shape index (κ1) is 22.8. The third kappa shape index (κ3) is 4.57. The van der Waals surface area contributed by atoms with Crippen molar-refractivity contribution in [1.82, 2.24) is 14.8 Å². The highest BCUT2D eigenvalue weighted by Crippen LogP contribution is 2.46. The zero-order valence-corrected chi connectivity index (χ0v) is 18.9. The molecule has 0 bridgehead atoms. The fourth-order valence-corrected chi connectivity index (χ4v) is 4.57. The number of aliphatic hydroxyl groups is 1. The van der Waals surface area contributed by atoms with Crippen molar-refractivity contribution in [3.05, 3.63) is 71.3 Å². The zero-order valence-electron chi connectivity index (χ0n) is 15.9. The van der Waals surface area contributed by atoms with Gasteiger partial charge in [0.05, 0.1) is 11.7 Å². The molecule has 0 radical (unpaired) electrons. The number of halogens is 5. The fraction of sp³-hybridized carbons (Fsp3) is 0.300. The van der Waals surface area contributed by atoms with Crippen LogP contribution >= 0.6 is 34.2 Å². The van der Waals surface area contributed by atoms with E-state index in [1.165, 1.54) is 29.5 Å². The van der Waals surface area contributed by atoms with E-state index in [-0.39, 0.29) is 17.2 Å². The van der Waals surface area contributed by atoms with Crippen molar-refractivity contribution in [2.75, 3.05) is 0 Å². The van der Waals surface area contributed by atoms with E-state index in [0.29, 0.717) is 10.8 Å². The largest absolute Gasteiger partial charge is 0.457 e. The van der Waals surface area contributed by atoms with Crippen molar-refractivity contribution >= 4 is 34.2 Å². The summed E-state index contributed by atoms with van der Waals surface area (Å²) < 4.78 is 47.4. The summed E-state index contributed by atoms with van der Waals surface area (Å²) >= 11 is 7.64. The summed E-state index contributed by atoms with van der Waals surface area (Å²) in [6, 6.07) is 9.92. The number of benzene rings is 2. The Kier molecular flexibility index (Phi) is 6.63. The Morgan fingerprint density at radius 1 is 1.07 bits per heavy atom. The van der Waals surface area contributed by atoms with Crippen molar-refractivity contribution in [3.63, 3.8) is 0 Å².